The van der Waals surface area contributed by atoms with Gasteiger partial charge in [0.05, 0.1) is 28.2 Å². The molecule has 0 bridgehead atoms. The molecule has 0 radical (unpaired) electrons. The number of ketones is 2. The highest BCUT2D eigenvalue weighted by atomic mass is 16.5. The fourth-order valence-corrected chi connectivity index (χ4v) is 5.42. The number of carbonyl (C=O) groups is 2. The minimum Gasteiger partial charge on any atom is -0.511 e. The first-order valence-corrected chi connectivity index (χ1v) is 12.9. The van der Waals surface area contributed by atoms with Crippen molar-refractivity contribution >= 4 is 23.0 Å². The molecule has 0 aliphatic heterocycles. The van der Waals surface area contributed by atoms with E-state index in [-0.39, 0.29) is 34.2 Å². The number of benzene rings is 2. The zero-order chi connectivity index (χ0) is 26.2. The highest BCUT2D eigenvalue weighted by molar-refractivity contribution is 6.24. The van der Waals surface area contributed by atoms with E-state index in [2.05, 4.69) is 19.0 Å². The number of aliphatic hydroxyl groups is 1. The molecule has 0 fully saturated rings. The van der Waals surface area contributed by atoms with Crippen LogP contribution in [0.2, 0.25) is 0 Å². The smallest absolute Gasteiger partial charge is 0.168 e. The van der Waals surface area contributed by atoms with Crippen molar-refractivity contribution in [1.82, 2.24) is 5.16 Å². The number of aryl methyl sites for hydroxylation is 2. The number of fused-ring (bicyclic) bond motifs is 1. The second kappa shape index (κ2) is 9.92. The fourth-order valence-electron chi connectivity index (χ4n) is 5.42. The maximum Gasteiger partial charge on any atom is 0.168 e. The molecule has 0 saturated carbocycles. The Morgan fingerprint density at radius 3 is 2.46 bits per heavy atom. The molecule has 1 unspecified atom stereocenters. The number of hydrogen-bond acceptors (Lipinski definition) is 6. The average molecular weight is 497 g/mol. The lowest BCUT2D eigenvalue weighted by molar-refractivity contribution is -0.116. The minimum atomic E-state index is -0.153. The molecule has 190 valence electrons. The maximum absolute atomic E-state index is 13.4. The Kier molecular flexibility index (Phi) is 6.67. The third-order valence-electron chi connectivity index (χ3n) is 7.29. The largest absolute Gasteiger partial charge is 0.511 e. The van der Waals surface area contributed by atoms with E-state index in [0.717, 1.165) is 11.1 Å². The zero-order valence-electron chi connectivity index (χ0n) is 21.6. The minimum absolute atomic E-state index is 0.0426. The van der Waals surface area contributed by atoms with E-state index in [1.54, 1.807) is 0 Å². The fraction of sp³-hybridized carbons (Fsp3) is 0.355. The van der Waals surface area contributed by atoms with Crippen LogP contribution < -0.4 is 0 Å². The van der Waals surface area contributed by atoms with Crippen LogP contribution in [0, 0.1) is 12.3 Å². The lowest BCUT2D eigenvalue weighted by Crippen LogP contribution is -2.27. The molecule has 1 N–H and O–H groups in total. The molecule has 0 spiro atoms. The number of hydrogen-bond donors (Lipinski definition) is 1. The van der Waals surface area contributed by atoms with Gasteiger partial charge in [0, 0.05) is 25.7 Å². The molecule has 0 amide bonds. The topological polar surface area (TPSA) is 92.8 Å². The van der Waals surface area contributed by atoms with Crippen LogP contribution in [-0.4, -0.2) is 27.5 Å². The molecule has 1 heterocycles. The number of allylic oxidation sites excluding steroid dienone is 2. The second-order valence-corrected chi connectivity index (χ2v) is 11.0. The summed E-state index contributed by atoms with van der Waals surface area (Å²) in [6.07, 6.45) is 2.54. The molecule has 6 heteroatoms. The van der Waals surface area contributed by atoms with E-state index in [1.165, 1.54) is 0 Å². The van der Waals surface area contributed by atoms with Crippen LogP contribution in [0.25, 0.3) is 0 Å². The molecule has 3 aromatic rings. The van der Waals surface area contributed by atoms with Crippen LogP contribution in [-0.2, 0) is 17.6 Å². The van der Waals surface area contributed by atoms with Gasteiger partial charge in [-0.05, 0) is 48.8 Å². The average Bonchev–Trinajstić information content (AvgIpc) is 3.25. The SMILES string of the molecule is Cc1ccc(N=C(CCc2noc3c2C(=O)CC(C)(C)C3)C2=C(O)CC(c3ccccc3)CC2=O)cc1. The van der Waals surface area contributed by atoms with Crippen molar-refractivity contribution in [3.05, 3.63) is 94.1 Å². The van der Waals surface area contributed by atoms with Gasteiger partial charge in [-0.3, -0.25) is 14.6 Å². The monoisotopic (exact) mass is 496 g/mol. The lowest BCUT2D eigenvalue weighted by atomic mass is 9.75. The van der Waals surface area contributed by atoms with E-state index >= 15 is 0 Å². The lowest BCUT2D eigenvalue weighted by Gasteiger charge is -2.26. The Morgan fingerprint density at radius 2 is 1.76 bits per heavy atom. The molecule has 2 aliphatic carbocycles. The van der Waals surface area contributed by atoms with Crippen LogP contribution in [0.3, 0.4) is 0 Å². The van der Waals surface area contributed by atoms with Gasteiger partial charge in [-0.15, -0.1) is 0 Å². The third-order valence-corrected chi connectivity index (χ3v) is 7.29. The van der Waals surface area contributed by atoms with E-state index in [0.29, 0.717) is 66.9 Å². The Labute approximate surface area is 217 Å². The summed E-state index contributed by atoms with van der Waals surface area (Å²) in [7, 11) is 0. The van der Waals surface area contributed by atoms with E-state index in [9.17, 15) is 14.7 Å². The number of aromatic nitrogens is 1. The standard InChI is InChI=1S/C31H32N2O4/c1-19-9-11-22(12-10-19)32-23(13-14-24-30-27(36)17-31(2,3)18-28(30)37-33-24)29-25(34)15-21(16-26(29)35)20-7-5-4-6-8-20/h4-12,21,34H,13-18H2,1-3H3. The van der Waals surface area contributed by atoms with Crippen molar-refractivity contribution in [2.24, 2.45) is 10.4 Å². The summed E-state index contributed by atoms with van der Waals surface area (Å²) in [5.41, 5.74) is 4.67. The zero-order valence-corrected chi connectivity index (χ0v) is 21.6. The summed E-state index contributed by atoms with van der Waals surface area (Å²) in [5, 5.41) is 15.3. The molecule has 5 rings (SSSR count). The Morgan fingerprint density at radius 1 is 1.03 bits per heavy atom. The summed E-state index contributed by atoms with van der Waals surface area (Å²) in [4.78, 5) is 31.1. The Hall–Kier alpha value is -3.80. The number of Topliss-reactive ketones (excluding diaryl/α,β-unsaturated/α-hetero) is 2. The quantitative estimate of drug-likeness (QED) is 0.379. The molecule has 1 aromatic heterocycles. The molecule has 2 aromatic carbocycles. The summed E-state index contributed by atoms with van der Waals surface area (Å²) < 4.78 is 5.57. The van der Waals surface area contributed by atoms with Gasteiger partial charge in [-0.2, -0.15) is 0 Å². The van der Waals surface area contributed by atoms with Crippen LogP contribution in [0.1, 0.15) is 78.4 Å². The Bertz CT molecular complexity index is 1390. The van der Waals surface area contributed by atoms with Crippen molar-refractivity contribution in [1.29, 1.82) is 0 Å². The maximum atomic E-state index is 13.4. The number of rotatable bonds is 6. The van der Waals surface area contributed by atoms with Gasteiger partial charge in [-0.25, -0.2) is 0 Å². The van der Waals surface area contributed by atoms with Crippen molar-refractivity contribution in [3.63, 3.8) is 0 Å². The van der Waals surface area contributed by atoms with E-state index < -0.39 is 0 Å². The molecule has 6 nitrogen and oxygen atoms in total. The van der Waals surface area contributed by atoms with Crippen LogP contribution in [0.15, 0.2) is 75.4 Å². The van der Waals surface area contributed by atoms with Gasteiger partial charge in [-0.1, -0.05) is 67.0 Å². The molecule has 0 saturated heterocycles. The van der Waals surface area contributed by atoms with Crippen LogP contribution in [0.4, 0.5) is 5.69 Å². The molecule has 37 heavy (non-hydrogen) atoms. The van der Waals surface area contributed by atoms with E-state index in [1.807, 2.05) is 61.5 Å². The number of aliphatic hydroxyl groups excluding tert-OH is 1. The third kappa shape index (κ3) is 5.33. The van der Waals surface area contributed by atoms with Crippen molar-refractivity contribution < 1.29 is 19.2 Å². The van der Waals surface area contributed by atoms with E-state index in [4.69, 9.17) is 9.52 Å². The predicted octanol–water partition coefficient (Wildman–Crippen LogP) is 6.80. The first-order chi connectivity index (χ1) is 17.7. The number of nitrogens with zero attached hydrogens (tertiary/aromatic N) is 2. The van der Waals surface area contributed by atoms with Crippen molar-refractivity contribution in [2.45, 2.75) is 65.2 Å². The van der Waals surface area contributed by atoms with Gasteiger partial charge < -0.3 is 9.63 Å². The summed E-state index contributed by atoms with van der Waals surface area (Å²) in [6, 6.07) is 17.5. The molecule has 2 aliphatic rings. The van der Waals surface area contributed by atoms with Gasteiger partial charge >= 0.3 is 0 Å². The predicted molar refractivity (Wildman–Crippen MR) is 143 cm³/mol. The highest BCUT2D eigenvalue weighted by Crippen LogP contribution is 2.38. The summed E-state index contributed by atoms with van der Waals surface area (Å²) in [5.74, 6) is 0.553. The van der Waals surface area contributed by atoms with Crippen LogP contribution in [0.5, 0.6) is 0 Å². The van der Waals surface area contributed by atoms with Crippen molar-refractivity contribution in [2.75, 3.05) is 0 Å². The molecular weight excluding hydrogens is 464 g/mol. The van der Waals surface area contributed by atoms with Gasteiger partial charge in [0.2, 0.25) is 0 Å². The van der Waals surface area contributed by atoms with Gasteiger partial charge in [0.15, 0.2) is 11.6 Å². The Balaban J connectivity index is 1.46. The number of aliphatic imine (C=N–C) groups is 1. The second-order valence-electron chi connectivity index (χ2n) is 11.0. The first-order valence-electron chi connectivity index (χ1n) is 12.9. The molecule has 1 atom stereocenters. The van der Waals surface area contributed by atoms with Crippen molar-refractivity contribution in [3.8, 4) is 0 Å². The van der Waals surface area contributed by atoms with Gasteiger partial charge in [0.25, 0.3) is 0 Å². The first kappa shape index (κ1) is 24.9. The van der Waals surface area contributed by atoms with Crippen LogP contribution >= 0.6 is 0 Å². The normalized spacial score (nSPS) is 19.8. The summed E-state index contributed by atoms with van der Waals surface area (Å²) in [6.45, 7) is 6.10. The number of carbonyl (C=O) groups excluding carboxylic acids is 2. The van der Waals surface area contributed by atoms with Gasteiger partial charge in [0.1, 0.15) is 11.5 Å². The highest BCUT2D eigenvalue weighted by Gasteiger charge is 2.37. The molecular formula is C31H32N2O4. The summed E-state index contributed by atoms with van der Waals surface area (Å²) >= 11 is 0.